The summed E-state index contributed by atoms with van der Waals surface area (Å²) in [5.74, 6) is 2.14. The number of aromatic nitrogens is 1. The highest BCUT2D eigenvalue weighted by Crippen LogP contribution is 2.43. The molecule has 1 aromatic heterocycles. The largest absolute Gasteiger partial charge is 0.491 e. The van der Waals surface area contributed by atoms with Crippen molar-refractivity contribution in [3.05, 3.63) is 35.5 Å². The van der Waals surface area contributed by atoms with Gasteiger partial charge in [0.25, 0.3) is 0 Å². The van der Waals surface area contributed by atoms with E-state index in [0.29, 0.717) is 30.7 Å². The van der Waals surface area contributed by atoms with Crippen molar-refractivity contribution in [1.82, 2.24) is 10.3 Å². The maximum Gasteiger partial charge on any atom is 0.407 e. The first-order valence-corrected chi connectivity index (χ1v) is 11.6. The fourth-order valence-electron chi connectivity index (χ4n) is 3.88. The van der Waals surface area contributed by atoms with E-state index in [4.69, 9.17) is 14.2 Å². The van der Waals surface area contributed by atoms with Crippen LogP contribution in [0.2, 0.25) is 0 Å². The topological polar surface area (TPSA) is 98.8 Å². The monoisotopic (exact) mass is 469 g/mol. The first kappa shape index (κ1) is 25.3. The zero-order chi connectivity index (χ0) is 25.0. The number of nitrogens with one attached hydrogen (secondary N) is 2. The highest BCUT2D eigenvalue weighted by Gasteiger charge is 2.24. The molecule has 8 nitrogen and oxygen atoms in total. The summed E-state index contributed by atoms with van der Waals surface area (Å²) in [6, 6.07) is 5.52. The van der Waals surface area contributed by atoms with Crippen LogP contribution in [0.3, 0.4) is 0 Å². The van der Waals surface area contributed by atoms with Gasteiger partial charge in [0.15, 0.2) is 0 Å². The van der Waals surface area contributed by atoms with Gasteiger partial charge < -0.3 is 24.8 Å². The molecule has 1 aromatic carbocycles. The molecule has 0 fully saturated rings. The molecule has 3 rings (SSSR count). The van der Waals surface area contributed by atoms with E-state index in [1.54, 1.807) is 6.20 Å². The van der Waals surface area contributed by atoms with Crippen LogP contribution in [0.1, 0.15) is 59.1 Å². The number of amides is 2. The second-order valence-corrected chi connectivity index (χ2v) is 10.0. The van der Waals surface area contributed by atoms with Crippen molar-refractivity contribution in [2.75, 3.05) is 11.9 Å². The summed E-state index contributed by atoms with van der Waals surface area (Å²) in [5, 5.41) is 5.66. The molecule has 2 amide bonds. The second-order valence-electron chi connectivity index (χ2n) is 10.0. The number of ether oxygens (including phenoxy) is 3. The maximum absolute atomic E-state index is 12.3. The molecule has 2 heterocycles. The molecule has 1 aliphatic heterocycles. The van der Waals surface area contributed by atoms with Gasteiger partial charge in [-0.05, 0) is 63.8 Å². The number of carbonyl (C=O) groups is 2. The van der Waals surface area contributed by atoms with E-state index in [1.165, 1.54) is 6.92 Å². The second kappa shape index (κ2) is 10.3. The zero-order valence-corrected chi connectivity index (χ0v) is 21.1. The molecule has 34 heavy (non-hydrogen) atoms. The fourth-order valence-corrected chi connectivity index (χ4v) is 3.88. The van der Waals surface area contributed by atoms with Crippen molar-refractivity contribution in [3.63, 3.8) is 0 Å². The van der Waals surface area contributed by atoms with Gasteiger partial charge in [-0.2, -0.15) is 0 Å². The van der Waals surface area contributed by atoms with Crippen LogP contribution in [0.5, 0.6) is 11.5 Å². The summed E-state index contributed by atoms with van der Waals surface area (Å²) in [4.78, 5) is 28.0. The predicted molar refractivity (Wildman–Crippen MR) is 131 cm³/mol. The highest BCUT2D eigenvalue weighted by molar-refractivity contribution is 5.89. The summed E-state index contributed by atoms with van der Waals surface area (Å²) in [5.41, 5.74) is 3.16. The predicted octanol–water partition coefficient (Wildman–Crippen LogP) is 5.23. The van der Waals surface area contributed by atoms with Gasteiger partial charge in [-0.25, -0.2) is 9.78 Å². The Morgan fingerprint density at radius 3 is 2.59 bits per heavy atom. The molecule has 0 radical (unpaired) electrons. The number of anilines is 1. The van der Waals surface area contributed by atoms with E-state index in [9.17, 15) is 9.59 Å². The lowest BCUT2D eigenvalue weighted by Crippen LogP contribution is -2.42. The molecule has 2 aromatic rings. The number of nitrogens with zero attached hydrogens (tertiary/aromatic N) is 1. The lowest BCUT2D eigenvalue weighted by Gasteiger charge is -2.26. The minimum Gasteiger partial charge on any atom is -0.491 e. The van der Waals surface area contributed by atoms with Crippen LogP contribution in [0, 0.1) is 12.8 Å². The molecular weight excluding hydrogens is 434 g/mol. The molecule has 0 saturated carbocycles. The summed E-state index contributed by atoms with van der Waals surface area (Å²) in [6.07, 6.45) is 2.03. The summed E-state index contributed by atoms with van der Waals surface area (Å²) < 4.78 is 17.6. The van der Waals surface area contributed by atoms with Crippen molar-refractivity contribution in [2.24, 2.45) is 5.92 Å². The molecule has 0 aliphatic carbocycles. The smallest absolute Gasteiger partial charge is 0.407 e. The average Bonchev–Trinajstić information content (AvgIpc) is 2.70. The minimum atomic E-state index is -0.564. The van der Waals surface area contributed by atoms with E-state index in [1.807, 2.05) is 45.9 Å². The van der Waals surface area contributed by atoms with Gasteiger partial charge in [0.2, 0.25) is 5.91 Å². The third-order valence-electron chi connectivity index (χ3n) is 5.23. The minimum absolute atomic E-state index is 0.171. The molecule has 0 saturated heterocycles. The third kappa shape index (κ3) is 6.62. The Balaban J connectivity index is 1.78. The SMILES string of the molecule is CC(=O)Nc1cc2c(cn1)COc1c-2ccc(OC[C@H](CC(C)C)NC(=O)OC(C)(C)C)c1C. The van der Waals surface area contributed by atoms with Crippen molar-refractivity contribution >= 4 is 17.8 Å². The van der Waals surface area contributed by atoms with Crippen molar-refractivity contribution in [3.8, 4) is 22.6 Å². The van der Waals surface area contributed by atoms with E-state index < -0.39 is 11.7 Å². The van der Waals surface area contributed by atoms with E-state index in [-0.39, 0.29) is 11.9 Å². The Labute approximate surface area is 201 Å². The fraction of sp³-hybridized carbons (Fsp3) is 0.500. The van der Waals surface area contributed by atoms with E-state index >= 15 is 0 Å². The summed E-state index contributed by atoms with van der Waals surface area (Å²) >= 11 is 0. The normalized spacial score (nSPS) is 13.3. The average molecular weight is 470 g/mol. The van der Waals surface area contributed by atoms with Crippen LogP contribution >= 0.6 is 0 Å². The maximum atomic E-state index is 12.3. The van der Waals surface area contributed by atoms with Gasteiger partial charge in [-0.3, -0.25) is 4.79 Å². The number of hydrogen-bond acceptors (Lipinski definition) is 6. The molecule has 1 atom stereocenters. The lowest BCUT2D eigenvalue weighted by molar-refractivity contribution is -0.114. The molecule has 0 unspecified atom stereocenters. The van der Waals surface area contributed by atoms with Crippen LogP contribution in [-0.2, 0) is 16.1 Å². The molecule has 2 N–H and O–H groups in total. The molecule has 1 aliphatic rings. The van der Waals surface area contributed by atoms with Crippen LogP contribution in [0.25, 0.3) is 11.1 Å². The number of alkyl carbamates (subject to hydrolysis) is 1. The molecule has 8 heteroatoms. The van der Waals surface area contributed by atoms with Gasteiger partial charge in [0, 0.05) is 29.8 Å². The number of rotatable bonds is 7. The Kier molecular flexibility index (Phi) is 7.69. The molecule has 0 spiro atoms. The standard InChI is InChI=1S/C26H35N3O5/c1-15(2)10-19(29-25(31)34-26(5,6)7)14-32-22-9-8-20-21-11-23(28-17(4)30)27-12-18(21)13-33-24(20)16(22)3/h8-9,11-12,15,19H,10,13-14H2,1-7H3,(H,29,31)(H,27,28,30)/t19-/m0/s1. The third-order valence-corrected chi connectivity index (χ3v) is 5.23. The first-order chi connectivity index (χ1) is 15.9. The summed E-state index contributed by atoms with van der Waals surface area (Å²) in [6.45, 7) is 13.8. The summed E-state index contributed by atoms with van der Waals surface area (Å²) in [7, 11) is 0. The van der Waals surface area contributed by atoms with Gasteiger partial charge >= 0.3 is 6.09 Å². The van der Waals surface area contributed by atoms with Crippen molar-refractivity contribution < 1.29 is 23.8 Å². The van der Waals surface area contributed by atoms with Crippen LogP contribution < -0.4 is 20.1 Å². The number of carbonyl (C=O) groups excluding carboxylic acids is 2. The van der Waals surface area contributed by atoms with Crippen LogP contribution in [0.4, 0.5) is 10.6 Å². The molecule has 184 valence electrons. The Bertz CT molecular complexity index is 1060. The Hall–Kier alpha value is -3.29. The van der Waals surface area contributed by atoms with E-state index in [2.05, 4.69) is 29.5 Å². The van der Waals surface area contributed by atoms with Gasteiger partial charge in [-0.1, -0.05) is 13.8 Å². The molecule has 0 bridgehead atoms. The number of benzene rings is 1. The van der Waals surface area contributed by atoms with Crippen molar-refractivity contribution in [1.29, 1.82) is 0 Å². The quantitative estimate of drug-likeness (QED) is 0.576. The van der Waals surface area contributed by atoms with Gasteiger partial charge in [0.1, 0.15) is 36.1 Å². The first-order valence-electron chi connectivity index (χ1n) is 11.6. The highest BCUT2D eigenvalue weighted by atomic mass is 16.6. The van der Waals surface area contributed by atoms with Crippen LogP contribution in [-0.4, -0.2) is 35.2 Å². The van der Waals surface area contributed by atoms with Gasteiger partial charge in [-0.15, -0.1) is 0 Å². The Morgan fingerprint density at radius 2 is 1.94 bits per heavy atom. The molecular formula is C26H35N3O5. The van der Waals surface area contributed by atoms with E-state index in [0.717, 1.165) is 34.4 Å². The number of pyridine rings is 1. The number of fused-ring (bicyclic) bond motifs is 3. The lowest BCUT2D eigenvalue weighted by atomic mass is 9.96. The Morgan fingerprint density at radius 1 is 1.21 bits per heavy atom. The van der Waals surface area contributed by atoms with Gasteiger partial charge in [0.05, 0.1) is 6.04 Å². The van der Waals surface area contributed by atoms with Crippen molar-refractivity contribution in [2.45, 2.75) is 73.1 Å². The zero-order valence-electron chi connectivity index (χ0n) is 21.1. The number of hydrogen-bond donors (Lipinski definition) is 2. The van der Waals surface area contributed by atoms with Crippen LogP contribution in [0.15, 0.2) is 24.4 Å².